The van der Waals surface area contributed by atoms with Crippen molar-refractivity contribution in [3.63, 3.8) is 0 Å². The van der Waals surface area contributed by atoms with Crippen LogP contribution in [-0.2, 0) is 10.8 Å². The monoisotopic (exact) mass is 256 g/mol. The lowest BCUT2D eigenvalue weighted by Crippen LogP contribution is -2.20. The van der Waals surface area contributed by atoms with Gasteiger partial charge in [0.2, 0.25) is 0 Å². The second-order valence-corrected chi connectivity index (χ2v) is 7.17. The van der Waals surface area contributed by atoms with E-state index in [2.05, 4.69) is 59.9 Å². The Morgan fingerprint density at radius 1 is 0.842 bits per heavy atom. The summed E-state index contributed by atoms with van der Waals surface area (Å²) in [6.45, 7) is 13.4. The summed E-state index contributed by atoms with van der Waals surface area (Å²) < 4.78 is 2.00. The molecule has 0 atom stereocenters. The van der Waals surface area contributed by atoms with Crippen molar-refractivity contribution in [2.45, 2.75) is 52.4 Å². The Morgan fingerprint density at radius 3 is 1.84 bits per heavy atom. The molecule has 1 aromatic carbocycles. The van der Waals surface area contributed by atoms with Crippen LogP contribution in [0.4, 0.5) is 0 Å². The van der Waals surface area contributed by atoms with Gasteiger partial charge in [-0.1, -0.05) is 59.7 Å². The lowest BCUT2D eigenvalue weighted by Gasteiger charge is -2.24. The number of hydrogen-bond donors (Lipinski definition) is 0. The van der Waals surface area contributed by atoms with Gasteiger partial charge in [-0.15, -0.1) is 0 Å². The molecule has 0 radical (unpaired) electrons. The highest BCUT2D eigenvalue weighted by atomic mass is 15.3. The van der Waals surface area contributed by atoms with Crippen molar-refractivity contribution in [1.82, 2.24) is 9.78 Å². The zero-order valence-electron chi connectivity index (χ0n) is 12.9. The summed E-state index contributed by atoms with van der Waals surface area (Å²) >= 11 is 0. The third kappa shape index (κ3) is 2.89. The molecule has 1 heterocycles. The molecule has 2 heteroatoms. The average molecular weight is 256 g/mol. The number of aromatic nitrogens is 2. The second-order valence-electron chi connectivity index (χ2n) is 7.17. The Bertz CT molecular complexity index is 520. The molecule has 0 fully saturated rings. The molecule has 102 valence electrons. The normalized spacial score (nSPS) is 12.7. The van der Waals surface area contributed by atoms with E-state index in [4.69, 9.17) is 5.10 Å². The van der Waals surface area contributed by atoms with Crippen molar-refractivity contribution >= 4 is 0 Å². The maximum Gasteiger partial charge on any atom is 0.0719 e. The summed E-state index contributed by atoms with van der Waals surface area (Å²) in [5.41, 5.74) is 3.79. The molecular weight excluding hydrogens is 232 g/mol. The molecule has 2 rings (SSSR count). The summed E-state index contributed by atoms with van der Waals surface area (Å²) in [7, 11) is 0. The smallest absolute Gasteiger partial charge is 0.0719 e. The molecule has 2 aromatic rings. The fraction of sp³-hybridized carbons (Fsp3) is 0.471. The van der Waals surface area contributed by atoms with Crippen LogP contribution in [-0.4, -0.2) is 9.78 Å². The molecule has 0 bridgehead atoms. The van der Waals surface area contributed by atoms with Gasteiger partial charge in [0.05, 0.1) is 11.4 Å². The molecule has 0 unspecified atom stereocenters. The van der Waals surface area contributed by atoms with Crippen LogP contribution in [0.5, 0.6) is 0 Å². The highest BCUT2D eigenvalue weighted by Gasteiger charge is 2.28. The minimum Gasteiger partial charge on any atom is -0.240 e. The van der Waals surface area contributed by atoms with E-state index in [1.807, 2.05) is 22.9 Å². The third-order valence-electron chi connectivity index (χ3n) is 3.25. The predicted molar refractivity (Wildman–Crippen MR) is 81.0 cm³/mol. The summed E-state index contributed by atoms with van der Waals surface area (Å²) in [4.78, 5) is 0. The predicted octanol–water partition coefficient (Wildman–Crippen LogP) is 4.47. The summed E-state index contributed by atoms with van der Waals surface area (Å²) in [5.74, 6) is 0. The van der Waals surface area contributed by atoms with Gasteiger partial charge in [-0.3, -0.25) is 0 Å². The largest absolute Gasteiger partial charge is 0.240 e. The van der Waals surface area contributed by atoms with Gasteiger partial charge >= 0.3 is 0 Å². The van der Waals surface area contributed by atoms with Crippen LogP contribution < -0.4 is 0 Å². The van der Waals surface area contributed by atoms with Gasteiger partial charge in [-0.2, -0.15) is 5.10 Å². The van der Waals surface area contributed by atoms with E-state index < -0.39 is 0 Å². The molecule has 0 saturated heterocycles. The fourth-order valence-electron chi connectivity index (χ4n) is 2.19. The number of nitrogens with zero attached hydrogens (tertiary/aromatic N) is 2. The first-order valence-corrected chi connectivity index (χ1v) is 6.85. The molecule has 0 N–H and O–H groups in total. The maximum atomic E-state index is 4.83. The lowest BCUT2D eigenvalue weighted by molar-refractivity contribution is 0.518. The first kappa shape index (κ1) is 13.9. The molecule has 0 aliphatic rings. The van der Waals surface area contributed by atoms with Gasteiger partial charge in [0.25, 0.3) is 0 Å². The van der Waals surface area contributed by atoms with Gasteiger partial charge in [0.15, 0.2) is 0 Å². The van der Waals surface area contributed by atoms with Gasteiger partial charge in [0.1, 0.15) is 0 Å². The minimum absolute atomic E-state index is 0.0582. The average Bonchev–Trinajstić information content (AvgIpc) is 2.74. The van der Waals surface area contributed by atoms with E-state index in [0.717, 1.165) is 5.69 Å². The van der Waals surface area contributed by atoms with E-state index >= 15 is 0 Å². The van der Waals surface area contributed by atoms with Gasteiger partial charge in [-0.05, 0) is 23.1 Å². The highest BCUT2D eigenvalue weighted by molar-refractivity contribution is 5.37. The molecule has 0 spiro atoms. The van der Waals surface area contributed by atoms with Crippen molar-refractivity contribution in [3.8, 4) is 5.69 Å². The number of hydrogen-bond acceptors (Lipinski definition) is 1. The SMILES string of the molecule is CC(C)(C)c1cn(-c2ccccc2)nc1C(C)(C)C. The van der Waals surface area contributed by atoms with Crippen LogP contribution >= 0.6 is 0 Å². The molecule has 0 aliphatic heterocycles. The standard InChI is InChI=1S/C17H24N2/c1-16(2,3)14-12-19(13-10-8-7-9-11-13)18-15(14)17(4,5)6/h7-12H,1-6H3. The van der Waals surface area contributed by atoms with E-state index in [0.29, 0.717) is 0 Å². The van der Waals surface area contributed by atoms with Crippen LogP contribution in [0, 0.1) is 0 Å². The van der Waals surface area contributed by atoms with Crippen LogP contribution in [0.3, 0.4) is 0 Å². The van der Waals surface area contributed by atoms with Crippen LogP contribution in [0.2, 0.25) is 0 Å². The molecule has 1 aromatic heterocycles. The van der Waals surface area contributed by atoms with Crippen LogP contribution in [0.25, 0.3) is 5.69 Å². The maximum absolute atomic E-state index is 4.83. The second kappa shape index (κ2) is 4.52. The summed E-state index contributed by atoms with van der Waals surface area (Å²) in [6, 6.07) is 10.3. The lowest BCUT2D eigenvalue weighted by atomic mass is 9.80. The Balaban J connectivity index is 2.59. The molecule has 2 nitrogen and oxygen atoms in total. The van der Waals surface area contributed by atoms with Crippen molar-refractivity contribution in [2.24, 2.45) is 0 Å². The topological polar surface area (TPSA) is 17.8 Å². The van der Waals surface area contributed by atoms with Gasteiger partial charge < -0.3 is 0 Å². The van der Waals surface area contributed by atoms with E-state index in [9.17, 15) is 0 Å². The van der Waals surface area contributed by atoms with Crippen molar-refractivity contribution < 1.29 is 0 Å². The number of rotatable bonds is 1. The zero-order chi connectivity index (χ0) is 14.3. The summed E-state index contributed by atoms with van der Waals surface area (Å²) in [6.07, 6.45) is 2.18. The fourth-order valence-corrected chi connectivity index (χ4v) is 2.19. The van der Waals surface area contributed by atoms with Crippen molar-refractivity contribution in [3.05, 3.63) is 47.8 Å². The molecule has 0 saturated carbocycles. The molecule has 19 heavy (non-hydrogen) atoms. The van der Waals surface area contributed by atoms with E-state index in [1.165, 1.54) is 11.3 Å². The Hall–Kier alpha value is -1.57. The Morgan fingerprint density at radius 2 is 1.42 bits per heavy atom. The van der Waals surface area contributed by atoms with Gasteiger partial charge in [0, 0.05) is 11.6 Å². The van der Waals surface area contributed by atoms with Crippen molar-refractivity contribution in [2.75, 3.05) is 0 Å². The molecular formula is C17H24N2. The van der Waals surface area contributed by atoms with Gasteiger partial charge in [-0.25, -0.2) is 4.68 Å². The van der Waals surface area contributed by atoms with E-state index in [1.54, 1.807) is 0 Å². The molecule has 0 amide bonds. The molecule has 0 aliphatic carbocycles. The first-order valence-electron chi connectivity index (χ1n) is 6.85. The minimum atomic E-state index is 0.0582. The van der Waals surface area contributed by atoms with Crippen LogP contribution in [0.1, 0.15) is 52.8 Å². The highest BCUT2D eigenvalue weighted by Crippen LogP contribution is 2.33. The quantitative estimate of drug-likeness (QED) is 0.736. The zero-order valence-corrected chi connectivity index (χ0v) is 12.9. The first-order chi connectivity index (χ1) is 8.69. The summed E-state index contributed by atoms with van der Waals surface area (Å²) in [5, 5.41) is 4.83. The third-order valence-corrected chi connectivity index (χ3v) is 3.25. The number of para-hydroxylation sites is 1. The Labute approximate surface area is 116 Å². The Kier molecular flexibility index (Phi) is 3.29. The number of benzene rings is 1. The van der Waals surface area contributed by atoms with Crippen LogP contribution in [0.15, 0.2) is 36.5 Å². The van der Waals surface area contributed by atoms with Crippen molar-refractivity contribution in [1.29, 1.82) is 0 Å². The van der Waals surface area contributed by atoms with E-state index in [-0.39, 0.29) is 10.8 Å².